The van der Waals surface area contributed by atoms with Crippen LogP contribution in [0.5, 0.6) is 0 Å². The van der Waals surface area contributed by atoms with Gasteiger partial charge in [-0.3, -0.25) is 110 Å². The highest BCUT2D eigenvalue weighted by molar-refractivity contribution is 6.05. The number of nitrogens with zero attached hydrogens (tertiary/aromatic N) is 2. The average molecular weight is 1980 g/mol. The van der Waals surface area contributed by atoms with Gasteiger partial charge in [0.2, 0.25) is 136 Å². The summed E-state index contributed by atoms with van der Waals surface area (Å²) in [6, 6.07) is -4.21. The van der Waals surface area contributed by atoms with Gasteiger partial charge in [0.1, 0.15) is 104 Å². The first-order valence-electron chi connectivity index (χ1n) is 46.8. The summed E-state index contributed by atoms with van der Waals surface area (Å²) in [5.74, 6) is -21.0. The molecule has 2 aliphatic rings. The van der Waals surface area contributed by atoms with Crippen LogP contribution in [0.2, 0.25) is 0 Å². The molecule has 47 nitrogen and oxygen atoms in total. The SMILES string of the molecule is CC(=O)NC(C)(C)C(=O)N1CCC[C@H]1C(=O)NC(C)(C)C(=O)N[C@@H](C)C(=O)NC(C)(C)C(=O)NC(C)(C)C(=O)N[C@@H](CCC(N)=O)C(=O)NC(C)(C)C(=O)N[C@H](C(=O)NC(C)(C)C(=O)NCC(=O)N[C@@H](CC(C)C)C(=O)NC(C)(C)C(=O)N1CCC[C@H]1C(=O)N[C@H](C(=O)NC(C)(C)C(=O)NC(C)(C)C(=O)N[C@@H](CCC(N)=O)C(=O)N[C@@H](CCC(N)=O)C(=O)N[C@H](CO)Cc1ccccc1)C(C)C)C(C)C. The Balaban J connectivity index is 1.66. The van der Waals surface area contributed by atoms with E-state index in [0.717, 1.165) is 5.56 Å². The van der Waals surface area contributed by atoms with Crippen LogP contribution >= 0.6 is 0 Å². The van der Waals surface area contributed by atoms with Gasteiger partial charge < -0.3 is 128 Å². The Labute approximate surface area is 817 Å². The highest BCUT2D eigenvalue weighted by Crippen LogP contribution is 2.27. The molecule has 0 radical (unpaired) electrons. The van der Waals surface area contributed by atoms with Crippen LogP contribution in [0.1, 0.15) is 256 Å². The van der Waals surface area contributed by atoms with Crippen LogP contribution in [0.25, 0.3) is 0 Å². The van der Waals surface area contributed by atoms with E-state index in [0.29, 0.717) is 12.8 Å². The molecule has 0 saturated carbocycles. The molecule has 0 bridgehead atoms. The van der Waals surface area contributed by atoms with Crippen molar-refractivity contribution in [2.24, 2.45) is 35.0 Å². The fourth-order valence-corrected chi connectivity index (χ4v) is 14.9. The number of primary amides is 3. The van der Waals surface area contributed by atoms with Crippen LogP contribution in [-0.4, -0.2) is 287 Å². The van der Waals surface area contributed by atoms with Crippen LogP contribution in [-0.2, 0) is 117 Å². The van der Waals surface area contributed by atoms with Gasteiger partial charge in [-0.1, -0.05) is 71.9 Å². The minimum atomic E-state index is -1.92. The predicted octanol–water partition coefficient (Wildman–Crippen LogP) is -4.55. The molecule has 2 aliphatic heterocycles. The van der Waals surface area contributed by atoms with E-state index < -0.39 is 297 Å². The average Bonchev–Trinajstić information content (AvgIpc) is 1.61. The van der Waals surface area contributed by atoms with E-state index in [1.54, 1.807) is 71.9 Å². The third-order valence-electron chi connectivity index (χ3n) is 23.4. The van der Waals surface area contributed by atoms with Crippen LogP contribution in [0.3, 0.4) is 0 Å². The van der Waals surface area contributed by atoms with Gasteiger partial charge in [-0.15, -0.1) is 0 Å². The van der Waals surface area contributed by atoms with Crippen molar-refractivity contribution >= 4 is 136 Å². The maximum absolute atomic E-state index is 14.6. The number of nitrogens with two attached hydrogens (primary N) is 3. The maximum Gasteiger partial charge on any atom is 0.248 e. The highest BCUT2D eigenvalue weighted by atomic mass is 16.3. The second-order valence-electron chi connectivity index (χ2n) is 41.7. The molecule has 2 fully saturated rings. The molecular weight excluding hydrogens is 1820 g/mol. The summed E-state index contributed by atoms with van der Waals surface area (Å²) >= 11 is 0. The highest BCUT2D eigenvalue weighted by Gasteiger charge is 2.49. The van der Waals surface area contributed by atoms with E-state index >= 15 is 0 Å². The van der Waals surface area contributed by atoms with E-state index in [4.69, 9.17) is 17.2 Å². The van der Waals surface area contributed by atoms with E-state index in [9.17, 15) is 115 Å². The van der Waals surface area contributed by atoms with Gasteiger partial charge in [-0.2, -0.15) is 0 Å². The topological polar surface area (TPSA) is 714 Å². The zero-order valence-corrected chi connectivity index (χ0v) is 85.7. The maximum atomic E-state index is 14.6. The summed E-state index contributed by atoms with van der Waals surface area (Å²) in [6.45, 7) is 35.3. The number of aliphatic hydroxyl groups is 1. The van der Waals surface area contributed by atoms with Gasteiger partial charge in [-0.25, -0.2) is 0 Å². The van der Waals surface area contributed by atoms with Gasteiger partial charge in [0.15, 0.2) is 0 Å². The number of carbonyl (C=O) groups is 23. The Bertz CT molecular complexity index is 4750. The minimum absolute atomic E-state index is 0.00625. The number of nitrogens with one attached hydrogen (secondary N) is 18. The van der Waals surface area contributed by atoms with E-state index in [1.807, 2.05) is 0 Å². The second-order valence-corrected chi connectivity index (χ2v) is 41.7. The van der Waals surface area contributed by atoms with Crippen molar-refractivity contribution in [2.75, 3.05) is 26.2 Å². The lowest BCUT2D eigenvalue weighted by atomic mass is 9.96. The number of carbonyl (C=O) groups excluding carboxylic acids is 23. The van der Waals surface area contributed by atoms with Crippen molar-refractivity contribution in [2.45, 2.75) is 367 Å². The van der Waals surface area contributed by atoms with Crippen molar-refractivity contribution in [3.05, 3.63) is 35.9 Å². The molecule has 25 N–H and O–H groups in total. The number of amides is 23. The Morgan fingerprint density at radius 1 is 0.364 bits per heavy atom. The van der Waals surface area contributed by atoms with Crippen molar-refractivity contribution in [1.82, 2.24) is 106 Å². The molecule has 2 saturated heterocycles. The predicted molar refractivity (Wildman–Crippen MR) is 511 cm³/mol. The fourth-order valence-electron chi connectivity index (χ4n) is 14.9. The number of hydrogen-bond acceptors (Lipinski definition) is 24. The molecule has 0 spiro atoms. The third-order valence-corrected chi connectivity index (χ3v) is 23.4. The van der Waals surface area contributed by atoms with Crippen molar-refractivity contribution in [3.8, 4) is 0 Å². The molecule has 0 aromatic heterocycles. The number of likely N-dealkylation sites (tertiary alicyclic amines) is 2. The third kappa shape index (κ3) is 37.0. The van der Waals surface area contributed by atoms with Crippen molar-refractivity contribution in [3.63, 3.8) is 0 Å². The van der Waals surface area contributed by atoms with E-state index in [2.05, 4.69) is 95.7 Å². The van der Waals surface area contributed by atoms with Crippen LogP contribution in [0.4, 0.5) is 0 Å². The zero-order chi connectivity index (χ0) is 108. The normalized spacial score (nSPS) is 16.0. The Hall–Kier alpha value is -13.0. The molecule has 1 aromatic rings. The molecule has 140 heavy (non-hydrogen) atoms. The monoisotopic (exact) mass is 1980 g/mol. The summed E-state index contributed by atoms with van der Waals surface area (Å²) < 4.78 is 0. The van der Waals surface area contributed by atoms with Crippen molar-refractivity contribution in [1.29, 1.82) is 0 Å². The number of hydrogen-bond donors (Lipinski definition) is 22. The van der Waals surface area contributed by atoms with Crippen LogP contribution in [0, 0.1) is 17.8 Å². The lowest BCUT2D eigenvalue weighted by Gasteiger charge is -2.36. The largest absolute Gasteiger partial charge is 0.394 e. The molecule has 3 rings (SSSR count). The Morgan fingerprint density at radius 2 is 0.714 bits per heavy atom. The van der Waals surface area contributed by atoms with Crippen molar-refractivity contribution < 1.29 is 115 Å². The fraction of sp³-hybridized carbons (Fsp3) is 0.688. The summed E-state index contributed by atoms with van der Waals surface area (Å²) in [6.07, 6.45) is -1.06. The molecule has 0 unspecified atom stereocenters. The number of rotatable bonds is 53. The van der Waals surface area contributed by atoms with Crippen LogP contribution in [0.15, 0.2) is 30.3 Å². The lowest BCUT2D eigenvalue weighted by Crippen LogP contribution is -2.67. The molecule has 0 aliphatic carbocycles. The molecule has 47 heteroatoms. The Kier molecular flexibility index (Phi) is 43.9. The Morgan fingerprint density at radius 3 is 1.14 bits per heavy atom. The molecular formula is C93H153N23O24. The summed E-state index contributed by atoms with van der Waals surface area (Å²) in [7, 11) is 0. The van der Waals surface area contributed by atoms with E-state index in [-0.39, 0.29) is 57.5 Å². The van der Waals surface area contributed by atoms with E-state index in [1.165, 1.54) is 148 Å². The molecule has 10 atom stereocenters. The van der Waals surface area contributed by atoms with Gasteiger partial charge in [0.05, 0.1) is 19.2 Å². The molecule has 23 amide bonds. The van der Waals surface area contributed by atoms with Gasteiger partial charge in [0.25, 0.3) is 0 Å². The lowest BCUT2D eigenvalue weighted by molar-refractivity contribution is -0.146. The van der Waals surface area contributed by atoms with Gasteiger partial charge >= 0.3 is 0 Å². The molecule has 784 valence electrons. The smallest absolute Gasteiger partial charge is 0.248 e. The molecule has 2 heterocycles. The first-order chi connectivity index (χ1) is 64.1. The second kappa shape index (κ2) is 50.7. The minimum Gasteiger partial charge on any atom is -0.394 e. The van der Waals surface area contributed by atoms with Gasteiger partial charge in [0, 0.05) is 39.3 Å². The summed E-state index contributed by atoms with van der Waals surface area (Å²) in [5.41, 5.74) is 1.10. The quantitative estimate of drug-likeness (QED) is 0.0292. The first kappa shape index (κ1) is 121. The summed E-state index contributed by atoms with van der Waals surface area (Å²) in [5, 5.41) is 56.2. The summed E-state index contributed by atoms with van der Waals surface area (Å²) in [4.78, 5) is 316. The van der Waals surface area contributed by atoms with Crippen LogP contribution < -0.4 is 113 Å². The number of benzene rings is 1. The zero-order valence-electron chi connectivity index (χ0n) is 85.7. The molecule has 1 aromatic carbocycles. The standard InChI is InChI=1S/C93H153N23O24/c1-48(2)44-58(71(127)109-93(25,26)84(140)115-42-30-34-59(115)72(128)104-65(49(3)4)74(130)112-91(21,22)82(138)114-88(15,16)78(134)102-56(37-40-62(95)120)69(125)101-55(36-39-61(94)119)68(124)99-54(47-117)45-53-32-28-27-29-33-53)100-64(122)46-97-76(132)85(9,10)111-75(131)66(50(5)6)105-80(136)87(13,14)108-70(126)57(38-41-63(96)121)103-79(135)89(17,18)113-81(137)90(19,20)107-67(123)51(7)98-77(133)86(11,12)110-73(129)60-35-31-43-116(60)83(139)92(23,24)106-52(8)118/h27-29,32-33,48-51,54-60,65-66,117H,30-31,34-47H2,1-26H3,(H2,94,119)(H2,95,120)(H2,96,121)(H,97,132)(H,98,133)(H,99,124)(H,100,122)(H,101,125)(H,102,134)(H,103,135)(H,104,128)(H,105,136)(H,106,118)(H,107,123)(H,108,126)(H,109,127)(H,110,129)(H,111,131)(H,112,130)(H,113,137)(H,114,138)/t51-,54-,55-,56-,57-,58-,59-,60-,65-,66-/m0/s1. The number of aliphatic hydroxyl groups excluding tert-OH is 1. The first-order valence-corrected chi connectivity index (χ1v) is 46.8. The van der Waals surface area contributed by atoms with Gasteiger partial charge in [-0.05, 0) is 213 Å².